The van der Waals surface area contributed by atoms with E-state index in [-0.39, 0.29) is 11.9 Å². The first-order valence-electron chi connectivity index (χ1n) is 12.2. The second-order valence-electron chi connectivity index (χ2n) is 8.66. The summed E-state index contributed by atoms with van der Waals surface area (Å²) in [6.07, 6.45) is 2.13. The zero-order chi connectivity index (χ0) is 25.3. The maximum atomic E-state index is 12.7. The number of imidazole rings is 1. The Kier molecular flexibility index (Phi) is 8.44. The number of hydrogen-bond acceptors (Lipinski definition) is 5. The molecule has 0 aliphatic rings. The number of amides is 1. The van der Waals surface area contributed by atoms with Crippen LogP contribution in [-0.4, -0.2) is 36.3 Å². The predicted molar refractivity (Wildman–Crippen MR) is 141 cm³/mol. The lowest BCUT2D eigenvalue weighted by molar-refractivity contribution is -0.121. The quantitative estimate of drug-likeness (QED) is 0.273. The number of para-hydroxylation sites is 2. The zero-order valence-electron chi connectivity index (χ0n) is 21.1. The summed E-state index contributed by atoms with van der Waals surface area (Å²) in [7, 11) is 3.28. The molecule has 0 aliphatic carbocycles. The van der Waals surface area contributed by atoms with Crippen LogP contribution in [0.5, 0.6) is 17.2 Å². The Morgan fingerprint density at radius 1 is 0.889 bits per heavy atom. The van der Waals surface area contributed by atoms with Crippen molar-refractivity contribution in [1.29, 1.82) is 0 Å². The first-order valence-corrected chi connectivity index (χ1v) is 12.2. The number of nitrogens with one attached hydrogen (secondary N) is 1. The first-order chi connectivity index (χ1) is 17.6. The standard InChI is InChI=1S/C29H33N3O4/c1-21(30-28(33)20-22-10-12-23(34-2)13-11-22)29-31-26-8-4-5-9-27(26)32(29)18-6-7-19-36-25-16-14-24(35-3)15-17-25/h4-5,8-17,21H,6-7,18-20H2,1-3H3,(H,30,33). The van der Waals surface area contributed by atoms with E-state index in [2.05, 4.69) is 16.0 Å². The highest BCUT2D eigenvalue weighted by molar-refractivity contribution is 5.79. The van der Waals surface area contributed by atoms with Crippen LogP contribution in [0.3, 0.4) is 0 Å². The SMILES string of the molecule is COc1ccc(CC(=O)NC(C)c2nc3ccccc3n2CCCCOc2ccc(OC)cc2)cc1. The van der Waals surface area contributed by atoms with Gasteiger partial charge in [0.05, 0.1) is 44.3 Å². The van der Waals surface area contributed by atoms with E-state index in [1.165, 1.54) is 0 Å². The monoisotopic (exact) mass is 487 g/mol. The summed E-state index contributed by atoms with van der Waals surface area (Å²) >= 11 is 0. The second-order valence-corrected chi connectivity index (χ2v) is 8.66. The molecule has 1 heterocycles. The molecule has 1 amide bonds. The number of hydrogen-bond donors (Lipinski definition) is 1. The van der Waals surface area contributed by atoms with Gasteiger partial charge >= 0.3 is 0 Å². The van der Waals surface area contributed by atoms with Crippen LogP contribution >= 0.6 is 0 Å². The Morgan fingerprint density at radius 2 is 1.53 bits per heavy atom. The molecule has 0 radical (unpaired) electrons. The van der Waals surface area contributed by atoms with Crippen LogP contribution in [0.25, 0.3) is 11.0 Å². The highest BCUT2D eigenvalue weighted by Gasteiger charge is 2.18. The number of unbranched alkanes of at least 4 members (excludes halogenated alkanes) is 1. The molecule has 3 aromatic carbocycles. The minimum Gasteiger partial charge on any atom is -0.497 e. The van der Waals surface area contributed by atoms with Gasteiger partial charge in [-0.05, 0) is 73.9 Å². The Labute approximate surface area is 212 Å². The molecule has 1 unspecified atom stereocenters. The molecule has 4 rings (SSSR count). The number of ether oxygens (including phenoxy) is 3. The van der Waals surface area contributed by atoms with Crippen LogP contribution in [0.15, 0.2) is 72.8 Å². The number of methoxy groups -OCH3 is 2. The molecule has 36 heavy (non-hydrogen) atoms. The van der Waals surface area contributed by atoms with E-state index in [9.17, 15) is 4.79 Å². The van der Waals surface area contributed by atoms with Crippen molar-refractivity contribution >= 4 is 16.9 Å². The van der Waals surface area contributed by atoms with Crippen LogP contribution in [-0.2, 0) is 17.8 Å². The molecular formula is C29H33N3O4. The van der Waals surface area contributed by atoms with Gasteiger partial charge in [-0.1, -0.05) is 24.3 Å². The van der Waals surface area contributed by atoms with Gasteiger partial charge in [0.15, 0.2) is 0 Å². The number of benzene rings is 3. The van der Waals surface area contributed by atoms with Crippen LogP contribution in [0.1, 0.15) is 37.2 Å². The molecule has 4 aromatic rings. The topological polar surface area (TPSA) is 74.6 Å². The lowest BCUT2D eigenvalue weighted by Gasteiger charge is -2.17. The molecule has 7 nitrogen and oxygen atoms in total. The third kappa shape index (κ3) is 6.36. The fraction of sp³-hybridized carbons (Fsp3) is 0.310. The smallest absolute Gasteiger partial charge is 0.224 e. The highest BCUT2D eigenvalue weighted by atomic mass is 16.5. The minimum atomic E-state index is -0.223. The number of rotatable bonds is 12. The maximum Gasteiger partial charge on any atom is 0.224 e. The molecule has 0 bridgehead atoms. The summed E-state index contributed by atoms with van der Waals surface area (Å²) in [6, 6.07) is 23.0. The number of aromatic nitrogens is 2. The molecule has 0 saturated heterocycles. The number of carbonyl (C=O) groups is 1. The summed E-state index contributed by atoms with van der Waals surface area (Å²) in [6.45, 7) is 3.40. The van der Waals surface area contributed by atoms with Crippen molar-refractivity contribution in [2.24, 2.45) is 0 Å². The molecule has 0 aliphatic heterocycles. The summed E-state index contributed by atoms with van der Waals surface area (Å²) in [5, 5.41) is 3.12. The van der Waals surface area contributed by atoms with Gasteiger partial charge in [-0.3, -0.25) is 4.79 Å². The highest BCUT2D eigenvalue weighted by Crippen LogP contribution is 2.22. The largest absolute Gasteiger partial charge is 0.497 e. The van der Waals surface area contributed by atoms with Crippen LogP contribution in [0, 0.1) is 0 Å². The predicted octanol–water partition coefficient (Wildman–Crippen LogP) is 5.33. The number of nitrogens with zero attached hydrogens (tertiary/aromatic N) is 2. The number of aryl methyl sites for hydroxylation is 1. The van der Waals surface area contributed by atoms with Gasteiger partial charge in [-0.15, -0.1) is 0 Å². The van der Waals surface area contributed by atoms with E-state index in [0.29, 0.717) is 13.0 Å². The van der Waals surface area contributed by atoms with Crippen molar-refractivity contribution in [3.8, 4) is 17.2 Å². The summed E-state index contributed by atoms with van der Waals surface area (Å²) in [4.78, 5) is 17.6. The lowest BCUT2D eigenvalue weighted by Crippen LogP contribution is -2.30. The van der Waals surface area contributed by atoms with Crippen LogP contribution < -0.4 is 19.5 Å². The first kappa shape index (κ1) is 25.1. The van der Waals surface area contributed by atoms with E-state index >= 15 is 0 Å². The Morgan fingerprint density at radius 3 is 2.22 bits per heavy atom. The zero-order valence-corrected chi connectivity index (χ0v) is 21.1. The van der Waals surface area contributed by atoms with Crippen molar-refractivity contribution in [2.75, 3.05) is 20.8 Å². The molecule has 188 valence electrons. The average molecular weight is 488 g/mol. The molecule has 0 fully saturated rings. The van der Waals surface area contributed by atoms with Crippen molar-refractivity contribution in [3.63, 3.8) is 0 Å². The van der Waals surface area contributed by atoms with Crippen molar-refractivity contribution in [2.45, 2.75) is 38.8 Å². The molecule has 1 N–H and O–H groups in total. The van der Waals surface area contributed by atoms with Gasteiger partial charge in [0.1, 0.15) is 23.1 Å². The third-order valence-electron chi connectivity index (χ3n) is 6.08. The van der Waals surface area contributed by atoms with E-state index in [1.54, 1.807) is 14.2 Å². The normalized spacial score (nSPS) is 11.8. The average Bonchev–Trinajstić information content (AvgIpc) is 3.28. The van der Waals surface area contributed by atoms with E-state index < -0.39 is 0 Å². The Balaban J connectivity index is 1.36. The molecule has 0 saturated carbocycles. The molecule has 0 spiro atoms. The van der Waals surface area contributed by atoms with E-state index in [4.69, 9.17) is 19.2 Å². The van der Waals surface area contributed by atoms with E-state index in [1.807, 2.05) is 73.7 Å². The summed E-state index contributed by atoms with van der Waals surface area (Å²) in [5.74, 6) is 3.23. The fourth-order valence-electron chi connectivity index (χ4n) is 4.18. The number of carbonyl (C=O) groups excluding carboxylic acids is 1. The van der Waals surface area contributed by atoms with Gasteiger partial charge in [-0.2, -0.15) is 0 Å². The van der Waals surface area contributed by atoms with Gasteiger partial charge in [0, 0.05) is 6.54 Å². The third-order valence-corrected chi connectivity index (χ3v) is 6.08. The van der Waals surface area contributed by atoms with Gasteiger partial charge < -0.3 is 24.1 Å². The number of fused-ring (bicyclic) bond motifs is 1. The Bertz CT molecular complexity index is 1270. The van der Waals surface area contributed by atoms with Crippen molar-refractivity contribution in [3.05, 3.63) is 84.2 Å². The van der Waals surface area contributed by atoms with Crippen molar-refractivity contribution in [1.82, 2.24) is 14.9 Å². The molecule has 1 aromatic heterocycles. The summed E-state index contributed by atoms with van der Waals surface area (Å²) < 4.78 is 18.5. The van der Waals surface area contributed by atoms with Gasteiger partial charge in [0.2, 0.25) is 5.91 Å². The summed E-state index contributed by atoms with van der Waals surface area (Å²) in [5.41, 5.74) is 2.93. The van der Waals surface area contributed by atoms with Crippen LogP contribution in [0.2, 0.25) is 0 Å². The fourth-order valence-corrected chi connectivity index (χ4v) is 4.18. The molecule has 1 atom stereocenters. The molecular weight excluding hydrogens is 454 g/mol. The van der Waals surface area contributed by atoms with Crippen molar-refractivity contribution < 1.29 is 19.0 Å². The molecule has 7 heteroatoms. The van der Waals surface area contributed by atoms with Gasteiger partial charge in [-0.25, -0.2) is 4.98 Å². The van der Waals surface area contributed by atoms with E-state index in [0.717, 1.165) is 59.1 Å². The maximum absolute atomic E-state index is 12.7. The second kappa shape index (κ2) is 12.1. The van der Waals surface area contributed by atoms with Gasteiger partial charge in [0.25, 0.3) is 0 Å². The van der Waals surface area contributed by atoms with Crippen LogP contribution in [0.4, 0.5) is 0 Å². The lowest BCUT2D eigenvalue weighted by atomic mass is 10.1. The minimum absolute atomic E-state index is 0.0424. The Hall–Kier alpha value is -4.00.